The summed E-state index contributed by atoms with van der Waals surface area (Å²) in [6.07, 6.45) is 0. The third kappa shape index (κ3) is 5.23. The molecule has 0 unspecified atom stereocenters. The largest absolute Gasteiger partial charge is 0.384 e. The Labute approximate surface area is 225 Å². The maximum Gasteiger partial charge on any atom is 0.269 e. The molecule has 9 heteroatoms. The van der Waals surface area contributed by atoms with Crippen molar-refractivity contribution in [3.8, 4) is 0 Å². The summed E-state index contributed by atoms with van der Waals surface area (Å²) in [5.41, 5.74) is 4.24. The molecule has 3 aromatic carbocycles. The highest BCUT2D eigenvalue weighted by Gasteiger charge is 2.39. The minimum Gasteiger partial charge on any atom is -0.384 e. The minimum atomic E-state index is -0.154. The number of amides is 2. The molecule has 37 heavy (non-hydrogen) atoms. The summed E-state index contributed by atoms with van der Waals surface area (Å²) >= 11 is 2.99. The second-order valence-corrected chi connectivity index (χ2v) is 10.6. The first-order chi connectivity index (χ1) is 17.9. The molecule has 1 saturated heterocycles. The van der Waals surface area contributed by atoms with Crippen LogP contribution in [0.2, 0.25) is 0 Å². The molecule has 0 spiro atoms. The van der Waals surface area contributed by atoms with Gasteiger partial charge in [-0.2, -0.15) is 0 Å². The number of benzene rings is 3. The van der Waals surface area contributed by atoms with Crippen LogP contribution in [-0.4, -0.2) is 35.5 Å². The van der Waals surface area contributed by atoms with E-state index in [1.54, 1.807) is 16.7 Å². The minimum absolute atomic E-state index is 0.0715. The number of carbonyl (C=O) groups is 2. The van der Waals surface area contributed by atoms with Gasteiger partial charge in [0.15, 0.2) is 5.17 Å². The molecule has 0 radical (unpaired) electrons. The fourth-order valence-corrected chi connectivity index (χ4v) is 6.51. The predicted octanol–water partition coefficient (Wildman–Crippen LogP) is 6.25. The number of hydrogen-bond donors (Lipinski definition) is 2. The maximum absolute atomic E-state index is 13.9. The highest BCUT2D eigenvalue weighted by atomic mass is 32.2. The van der Waals surface area contributed by atoms with Crippen LogP contribution in [0.15, 0.2) is 92.6 Å². The Morgan fingerprint density at radius 2 is 1.76 bits per heavy atom. The van der Waals surface area contributed by atoms with Crippen molar-refractivity contribution in [2.75, 3.05) is 29.1 Å². The molecular formula is C28H27N5O2S2. The number of amidine groups is 1. The zero-order valence-electron chi connectivity index (χ0n) is 20.8. The van der Waals surface area contributed by atoms with Crippen molar-refractivity contribution < 1.29 is 9.59 Å². The van der Waals surface area contributed by atoms with Gasteiger partial charge in [-0.05, 0) is 54.6 Å². The lowest BCUT2D eigenvalue weighted by atomic mass is 10.2. The number of thioether (sulfide) groups is 2. The smallest absolute Gasteiger partial charge is 0.269 e. The number of fused-ring (bicyclic) bond motifs is 1. The van der Waals surface area contributed by atoms with E-state index in [9.17, 15) is 9.59 Å². The molecule has 2 N–H and O–H groups in total. The van der Waals surface area contributed by atoms with E-state index in [4.69, 9.17) is 4.99 Å². The van der Waals surface area contributed by atoms with Crippen LogP contribution < -0.4 is 15.5 Å². The van der Waals surface area contributed by atoms with Crippen molar-refractivity contribution in [1.29, 1.82) is 0 Å². The quantitative estimate of drug-likeness (QED) is 0.368. The average Bonchev–Trinajstić information content (AvgIpc) is 3.37. The van der Waals surface area contributed by atoms with E-state index in [1.165, 1.54) is 18.7 Å². The van der Waals surface area contributed by atoms with Crippen molar-refractivity contribution >= 4 is 63.3 Å². The maximum atomic E-state index is 13.9. The molecule has 5 rings (SSSR count). The van der Waals surface area contributed by atoms with Crippen LogP contribution in [0.5, 0.6) is 0 Å². The summed E-state index contributed by atoms with van der Waals surface area (Å²) in [6, 6.07) is 23.6. The molecule has 0 aromatic heterocycles. The first kappa shape index (κ1) is 25.0. The Balaban J connectivity index is 1.58. The van der Waals surface area contributed by atoms with Gasteiger partial charge >= 0.3 is 0 Å². The molecule has 188 valence electrons. The molecule has 2 amide bonds. The summed E-state index contributed by atoms with van der Waals surface area (Å²) in [5, 5.41) is 7.66. The molecule has 0 saturated carbocycles. The van der Waals surface area contributed by atoms with Gasteiger partial charge in [0, 0.05) is 31.1 Å². The number of carbonyl (C=O) groups excluding carboxylic acids is 2. The van der Waals surface area contributed by atoms with Crippen LogP contribution in [-0.2, 0) is 16.1 Å². The monoisotopic (exact) mass is 529 g/mol. The number of rotatable bonds is 6. The normalized spacial score (nSPS) is 17.9. The van der Waals surface area contributed by atoms with Gasteiger partial charge in [-0.1, -0.05) is 54.2 Å². The molecule has 0 aliphatic carbocycles. The van der Waals surface area contributed by atoms with Gasteiger partial charge in [0.05, 0.1) is 28.6 Å². The van der Waals surface area contributed by atoms with Crippen molar-refractivity contribution in [2.24, 2.45) is 4.99 Å². The number of anilines is 3. The number of hydrogen-bond acceptors (Lipinski definition) is 7. The average molecular weight is 530 g/mol. The Kier molecular flexibility index (Phi) is 7.25. The SMILES string of the molecule is CCNc1ccc(NC(C)=O)cc1N=C1SC(=C2Sc3ccccc3N2C)C(=O)N1Cc1ccccc1. The number of nitrogens with zero attached hydrogens (tertiary/aromatic N) is 3. The highest BCUT2D eigenvalue weighted by Crippen LogP contribution is 2.50. The Hall–Kier alpha value is -3.69. The van der Waals surface area contributed by atoms with Crippen LogP contribution >= 0.6 is 23.5 Å². The lowest BCUT2D eigenvalue weighted by Gasteiger charge is -2.17. The van der Waals surface area contributed by atoms with E-state index in [0.717, 1.165) is 26.9 Å². The van der Waals surface area contributed by atoms with E-state index in [2.05, 4.69) is 27.7 Å². The molecule has 2 aliphatic rings. The van der Waals surface area contributed by atoms with Crippen molar-refractivity contribution in [2.45, 2.75) is 25.3 Å². The van der Waals surface area contributed by atoms with Crippen LogP contribution in [0.25, 0.3) is 0 Å². The zero-order valence-corrected chi connectivity index (χ0v) is 22.5. The number of para-hydroxylation sites is 1. The molecule has 3 aromatic rings. The molecule has 0 atom stereocenters. The predicted molar refractivity (Wildman–Crippen MR) is 154 cm³/mol. The van der Waals surface area contributed by atoms with Gasteiger partial charge in [-0.3, -0.25) is 14.5 Å². The van der Waals surface area contributed by atoms with E-state index in [-0.39, 0.29) is 11.8 Å². The summed E-state index contributed by atoms with van der Waals surface area (Å²) in [6.45, 7) is 4.61. The lowest BCUT2D eigenvalue weighted by Crippen LogP contribution is -2.29. The second kappa shape index (κ2) is 10.7. The van der Waals surface area contributed by atoms with Crippen LogP contribution in [0.1, 0.15) is 19.4 Å². The van der Waals surface area contributed by atoms with Crippen molar-refractivity contribution in [3.63, 3.8) is 0 Å². The van der Waals surface area contributed by atoms with Gasteiger partial charge in [0.25, 0.3) is 5.91 Å². The Morgan fingerprint density at radius 1 is 1.00 bits per heavy atom. The van der Waals surface area contributed by atoms with Gasteiger partial charge in [0.1, 0.15) is 4.91 Å². The van der Waals surface area contributed by atoms with Gasteiger partial charge in [-0.15, -0.1) is 0 Å². The van der Waals surface area contributed by atoms with Crippen molar-refractivity contribution in [1.82, 2.24) is 4.90 Å². The summed E-state index contributed by atoms with van der Waals surface area (Å²) in [4.78, 5) is 36.1. The molecule has 1 fully saturated rings. The topological polar surface area (TPSA) is 77.0 Å². The standard InChI is InChI=1S/C28H27N5O2S2/c1-4-29-21-15-14-20(30-18(2)34)16-22(21)31-28-33(17-19-10-6-5-7-11-19)26(35)25(37-28)27-32(3)23-12-8-9-13-24(23)36-27/h5-16,29H,4,17H2,1-3H3,(H,30,34). The van der Waals surface area contributed by atoms with Gasteiger partial charge < -0.3 is 15.5 Å². The van der Waals surface area contributed by atoms with Gasteiger partial charge in [-0.25, -0.2) is 4.99 Å². The summed E-state index contributed by atoms with van der Waals surface area (Å²) in [7, 11) is 1.99. The third-order valence-electron chi connectivity index (χ3n) is 5.88. The fraction of sp³-hybridized carbons (Fsp3) is 0.179. The summed E-state index contributed by atoms with van der Waals surface area (Å²) in [5.74, 6) is -0.225. The zero-order chi connectivity index (χ0) is 25.9. The first-order valence-corrected chi connectivity index (χ1v) is 13.6. The number of nitrogens with one attached hydrogen (secondary N) is 2. The van der Waals surface area contributed by atoms with Crippen LogP contribution in [0.3, 0.4) is 0 Å². The Morgan fingerprint density at radius 3 is 2.49 bits per heavy atom. The molecular weight excluding hydrogens is 502 g/mol. The van der Waals surface area contributed by atoms with E-state index < -0.39 is 0 Å². The lowest BCUT2D eigenvalue weighted by molar-refractivity contribution is -0.122. The van der Waals surface area contributed by atoms with E-state index in [1.807, 2.05) is 74.6 Å². The third-order valence-corrected chi connectivity index (χ3v) is 8.31. The molecule has 0 bridgehead atoms. The van der Waals surface area contributed by atoms with E-state index in [0.29, 0.717) is 34.5 Å². The van der Waals surface area contributed by atoms with Crippen molar-refractivity contribution in [3.05, 3.63) is 88.3 Å². The second-order valence-electron chi connectivity index (χ2n) is 8.58. The Bertz CT molecular complexity index is 1420. The highest BCUT2D eigenvalue weighted by molar-refractivity contribution is 8.19. The molecule has 2 aliphatic heterocycles. The van der Waals surface area contributed by atoms with Crippen LogP contribution in [0, 0.1) is 0 Å². The molecule has 2 heterocycles. The fourth-order valence-electron chi connectivity index (χ4n) is 4.17. The van der Waals surface area contributed by atoms with Gasteiger partial charge in [0.2, 0.25) is 5.91 Å². The van der Waals surface area contributed by atoms with Crippen LogP contribution in [0.4, 0.5) is 22.7 Å². The first-order valence-electron chi connectivity index (χ1n) is 12.0. The van der Waals surface area contributed by atoms with E-state index >= 15 is 0 Å². The summed E-state index contributed by atoms with van der Waals surface area (Å²) < 4.78 is 0. The molecule has 7 nitrogen and oxygen atoms in total. The number of aliphatic imine (C=N–C) groups is 1.